The molecule has 2 N–H and O–H groups in total. The molecule has 5 nitrogen and oxygen atoms in total. The minimum Gasteiger partial charge on any atom is -0.493 e. The number of nitrogens with one attached hydrogen (secondary N) is 1. The van der Waals surface area contributed by atoms with Crippen LogP contribution in [0.1, 0.15) is 19.8 Å². The van der Waals surface area contributed by atoms with Crippen molar-refractivity contribution in [3.8, 4) is 5.75 Å². The van der Waals surface area contributed by atoms with Crippen molar-refractivity contribution in [2.75, 3.05) is 6.61 Å². The van der Waals surface area contributed by atoms with Gasteiger partial charge in [-0.2, -0.15) is 0 Å². The minimum atomic E-state index is -0.969. The maximum Gasteiger partial charge on any atom is 0.305 e. The van der Waals surface area contributed by atoms with Gasteiger partial charge < -0.3 is 15.2 Å². The smallest absolute Gasteiger partial charge is 0.305 e. The molecule has 1 aromatic rings. The normalized spacial score (nSPS) is 11.7. The fraction of sp³-hybridized carbons (Fsp3) is 0.385. The zero-order valence-corrected chi connectivity index (χ0v) is 10.6. The number of ether oxygens (including phenoxy) is 1. The van der Waals surface area contributed by atoms with E-state index in [1.165, 1.54) is 18.2 Å². The summed E-state index contributed by atoms with van der Waals surface area (Å²) < 4.78 is 18.0. The zero-order valence-electron chi connectivity index (χ0n) is 10.6. The van der Waals surface area contributed by atoms with Gasteiger partial charge in [0, 0.05) is 12.1 Å². The van der Waals surface area contributed by atoms with Gasteiger partial charge in [0.25, 0.3) is 0 Å². The first-order valence-electron chi connectivity index (χ1n) is 5.87. The molecule has 1 rings (SSSR count). The van der Waals surface area contributed by atoms with Crippen LogP contribution in [0.3, 0.4) is 0 Å². The Labute approximate surface area is 110 Å². The molecule has 104 valence electrons. The summed E-state index contributed by atoms with van der Waals surface area (Å²) in [6, 6.07) is 5.20. The van der Waals surface area contributed by atoms with Crippen molar-refractivity contribution in [2.24, 2.45) is 0 Å². The molecule has 0 radical (unpaired) electrons. The van der Waals surface area contributed by atoms with E-state index in [0.29, 0.717) is 5.75 Å². The maximum atomic E-state index is 12.8. The first kappa shape index (κ1) is 14.9. The highest BCUT2D eigenvalue weighted by Gasteiger charge is 2.10. The molecule has 19 heavy (non-hydrogen) atoms. The molecular formula is C13H16FNO4. The highest BCUT2D eigenvalue weighted by molar-refractivity contribution is 5.77. The van der Waals surface area contributed by atoms with Gasteiger partial charge in [-0.15, -0.1) is 0 Å². The third-order valence-electron chi connectivity index (χ3n) is 2.28. The summed E-state index contributed by atoms with van der Waals surface area (Å²) in [5, 5.41) is 11.1. The third-order valence-corrected chi connectivity index (χ3v) is 2.28. The first-order chi connectivity index (χ1) is 8.97. The topological polar surface area (TPSA) is 75.6 Å². The predicted molar refractivity (Wildman–Crippen MR) is 66.4 cm³/mol. The van der Waals surface area contributed by atoms with Crippen molar-refractivity contribution >= 4 is 11.9 Å². The van der Waals surface area contributed by atoms with Crippen LogP contribution in [0, 0.1) is 5.82 Å². The Morgan fingerprint density at radius 1 is 1.47 bits per heavy atom. The van der Waals surface area contributed by atoms with E-state index in [1.807, 2.05) is 0 Å². The van der Waals surface area contributed by atoms with Crippen molar-refractivity contribution in [1.29, 1.82) is 0 Å². The van der Waals surface area contributed by atoms with Crippen LogP contribution < -0.4 is 10.1 Å². The van der Waals surface area contributed by atoms with Crippen LogP contribution in [0.4, 0.5) is 4.39 Å². The molecule has 0 spiro atoms. The van der Waals surface area contributed by atoms with E-state index < -0.39 is 17.8 Å². The van der Waals surface area contributed by atoms with Crippen LogP contribution in [0.5, 0.6) is 5.75 Å². The summed E-state index contributed by atoms with van der Waals surface area (Å²) in [6.45, 7) is 1.72. The zero-order chi connectivity index (χ0) is 14.3. The summed E-state index contributed by atoms with van der Waals surface area (Å²) in [5.41, 5.74) is 0. The van der Waals surface area contributed by atoms with Crippen molar-refractivity contribution in [1.82, 2.24) is 5.32 Å². The van der Waals surface area contributed by atoms with Gasteiger partial charge in [-0.05, 0) is 19.1 Å². The summed E-state index contributed by atoms with van der Waals surface area (Å²) in [4.78, 5) is 21.8. The fourth-order valence-corrected chi connectivity index (χ4v) is 1.48. The average molecular weight is 269 g/mol. The molecule has 0 saturated carbocycles. The number of halogens is 1. The van der Waals surface area contributed by atoms with E-state index >= 15 is 0 Å². The summed E-state index contributed by atoms with van der Waals surface area (Å²) in [7, 11) is 0. The number of hydrogen-bond donors (Lipinski definition) is 2. The molecule has 1 unspecified atom stereocenters. The van der Waals surface area contributed by atoms with Crippen LogP contribution in [-0.2, 0) is 9.59 Å². The molecule has 0 aliphatic rings. The number of carbonyl (C=O) groups excluding carboxylic acids is 1. The number of amides is 1. The second-order valence-electron chi connectivity index (χ2n) is 4.12. The largest absolute Gasteiger partial charge is 0.493 e. The fourth-order valence-electron chi connectivity index (χ4n) is 1.48. The number of carboxylic acid groups (broad SMARTS) is 1. The van der Waals surface area contributed by atoms with E-state index in [0.717, 1.165) is 0 Å². The molecule has 0 bridgehead atoms. The Hall–Kier alpha value is -2.11. The van der Waals surface area contributed by atoms with Gasteiger partial charge in [-0.1, -0.05) is 6.07 Å². The average Bonchev–Trinajstić information content (AvgIpc) is 2.27. The van der Waals surface area contributed by atoms with Crippen molar-refractivity contribution in [3.63, 3.8) is 0 Å². The predicted octanol–water partition coefficient (Wildman–Crippen LogP) is 1.57. The lowest BCUT2D eigenvalue weighted by molar-refractivity contribution is -0.137. The monoisotopic (exact) mass is 269 g/mol. The summed E-state index contributed by atoms with van der Waals surface area (Å²) >= 11 is 0. The van der Waals surface area contributed by atoms with Gasteiger partial charge >= 0.3 is 5.97 Å². The van der Waals surface area contributed by atoms with E-state index in [4.69, 9.17) is 9.84 Å². The van der Waals surface area contributed by atoms with E-state index in [-0.39, 0.29) is 25.4 Å². The molecule has 0 aliphatic carbocycles. The quantitative estimate of drug-likeness (QED) is 0.788. The third kappa shape index (κ3) is 6.40. The van der Waals surface area contributed by atoms with Gasteiger partial charge in [0.05, 0.1) is 19.4 Å². The Morgan fingerprint density at radius 2 is 2.21 bits per heavy atom. The minimum absolute atomic E-state index is 0.0838. The van der Waals surface area contributed by atoms with Crippen LogP contribution in [-0.4, -0.2) is 29.6 Å². The van der Waals surface area contributed by atoms with Crippen LogP contribution in [0.2, 0.25) is 0 Å². The van der Waals surface area contributed by atoms with Gasteiger partial charge in [0.1, 0.15) is 11.6 Å². The van der Waals surface area contributed by atoms with Gasteiger partial charge in [0.2, 0.25) is 5.91 Å². The lowest BCUT2D eigenvalue weighted by atomic mass is 10.2. The number of aliphatic carboxylic acids is 1. The number of benzene rings is 1. The Balaban J connectivity index is 2.25. The van der Waals surface area contributed by atoms with Crippen molar-refractivity contribution < 1.29 is 23.8 Å². The highest BCUT2D eigenvalue weighted by Crippen LogP contribution is 2.11. The molecule has 0 aliphatic heterocycles. The van der Waals surface area contributed by atoms with E-state index in [2.05, 4.69) is 5.32 Å². The molecule has 0 fully saturated rings. The van der Waals surface area contributed by atoms with Crippen molar-refractivity contribution in [3.05, 3.63) is 30.1 Å². The van der Waals surface area contributed by atoms with Crippen molar-refractivity contribution in [2.45, 2.75) is 25.8 Å². The number of carboxylic acids is 1. The van der Waals surface area contributed by atoms with Crippen LogP contribution in [0.15, 0.2) is 24.3 Å². The lowest BCUT2D eigenvalue weighted by Crippen LogP contribution is -2.34. The molecule has 1 atom stereocenters. The second-order valence-corrected chi connectivity index (χ2v) is 4.12. The molecule has 0 saturated heterocycles. The molecule has 0 aromatic heterocycles. The number of hydrogen-bond acceptors (Lipinski definition) is 3. The first-order valence-corrected chi connectivity index (χ1v) is 5.87. The Morgan fingerprint density at radius 3 is 2.84 bits per heavy atom. The summed E-state index contributed by atoms with van der Waals surface area (Å²) in [6.07, 6.45) is -0.0447. The molecule has 0 heterocycles. The van der Waals surface area contributed by atoms with Crippen LogP contribution >= 0.6 is 0 Å². The van der Waals surface area contributed by atoms with Gasteiger partial charge in [0.15, 0.2) is 0 Å². The number of carbonyl (C=O) groups is 2. The number of rotatable bonds is 7. The highest BCUT2D eigenvalue weighted by atomic mass is 19.1. The van der Waals surface area contributed by atoms with Gasteiger partial charge in [-0.3, -0.25) is 9.59 Å². The Kier molecular flexibility index (Phi) is 5.78. The summed E-state index contributed by atoms with van der Waals surface area (Å²) in [5.74, 6) is -1.32. The standard InChI is InChI=1S/C13H16FNO4/c1-9(7-13(17)18)15-12(16)5-6-19-11-4-2-3-10(14)8-11/h2-4,8-9H,5-7H2,1H3,(H,15,16)(H,17,18). The molecule has 1 aromatic carbocycles. The SMILES string of the molecule is CC(CC(=O)O)NC(=O)CCOc1cccc(F)c1. The van der Waals surface area contributed by atoms with E-state index in [1.54, 1.807) is 13.0 Å². The molecular weight excluding hydrogens is 253 g/mol. The maximum absolute atomic E-state index is 12.8. The van der Waals surface area contributed by atoms with Gasteiger partial charge in [-0.25, -0.2) is 4.39 Å². The second kappa shape index (κ2) is 7.35. The Bertz CT molecular complexity index is 450. The van der Waals surface area contributed by atoms with E-state index in [9.17, 15) is 14.0 Å². The lowest BCUT2D eigenvalue weighted by Gasteiger charge is -2.11. The molecule has 6 heteroatoms. The molecule has 1 amide bonds. The van der Waals surface area contributed by atoms with Crippen LogP contribution in [0.25, 0.3) is 0 Å².